The molecule has 2 unspecified atom stereocenters. The summed E-state index contributed by atoms with van der Waals surface area (Å²) in [6.45, 7) is 14.1. The summed E-state index contributed by atoms with van der Waals surface area (Å²) in [6, 6.07) is 0. The van der Waals surface area contributed by atoms with Crippen molar-refractivity contribution in [3.63, 3.8) is 0 Å². The van der Waals surface area contributed by atoms with Gasteiger partial charge in [-0.15, -0.1) is 5.10 Å². The first-order valence-electron chi connectivity index (χ1n) is 7.97. The minimum Gasteiger partial charge on any atom is -0.379 e. The summed E-state index contributed by atoms with van der Waals surface area (Å²) >= 11 is 0. The van der Waals surface area contributed by atoms with Crippen molar-refractivity contribution < 1.29 is 9.47 Å². The lowest BCUT2D eigenvalue weighted by Gasteiger charge is -2.17. The molecule has 21 heavy (non-hydrogen) atoms. The minimum atomic E-state index is -0.0111. The molecule has 0 N–H and O–H groups in total. The van der Waals surface area contributed by atoms with Gasteiger partial charge in [0.05, 0.1) is 23.4 Å². The maximum Gasteiger partial charge on any atom is 0.0828 e. The first-order chi connectivity index (χ1) is 9.82. The molecule has 0 radical (unpaired) electrons. The molecule has 5 heteroatoms. The van der Waals surface area contributed by atoms with Crippen LogP contribution in [0, 0.1) is 0 Å². The molecule has 0 saturated heterocycles. The number of rotatable bonds is 9. The second-order valence-corrected chi connectivity index (χ2v) is 6.60. The van der Waals surface area contributed by atoms with Crippen LogP contribution < -0.4 is 0 Å². The zero-order valence-electron chi connectivity index (χ0n) is 14.4. The van der Waals surface area contributed by atoms with Crippen molar-refractivity contribution in [3.8, 4) is 0 Å². The van der Waals surface area contributed by atoms with Crippen molar-refractivity contribution in [1.82, 2.24) is 15.0 Å². The summed E-state index contributed by atoms with van der Waals surface area (Å²) in [5.74, 6) is 0. The molecule has 2 atom stereocenters. The second kappa shape index (κ2) is 8.49. The van der Waals surface area contributed by atoms with Crippen LogP contribution in [-0.2, 0) is 21.4 Å². The van der Waals surface area contributed by atoms with E-state index in [-0.39, 0.29) is 17.7 Å². The molecule has 122 valence electrons. The van der Waals surface area contributed by atoms with Crippen LogP contribution in [0.3, 0.4) is 0 Å². The van der Waals surface area contributed by atoms with E-state index in [1.807, 2.05) is 17.8 Å². The molecular weight excluding hydrogens is 266 g/mol. The first-order valence-corrected chi connectivity index (χ1v) is 7.97. The summed E-state index contributed by atoms with van der Waals surface area (Å²) in [7, 11) is 0. The van der Waals surface area contributed by atoms with Crippen molar-refractivity contribution in [2.75, 3.05) is 13.2 Å². The van der Waals surface area contributed by atoms with Gasteiger partial charge in [-0.05, 0) is 60.8 Å². The Hall–Kier alpha value is -0.940. The largest absolute Gasteiger partial charge is 0.379 e. The monoisotopic (exact) mass is 297 g/mol. The van der Waals surface area contributed by atoms with Gasteiger partial charge in [0.2, 0.25) is 0 Å². The Kier molecular flexibility index (Phi) is 7.32. The number of hydrogen-bond acceptors (Lipinski definition) is 4. The maximum atomic E-state index is 5.82. The lowest BCUT2D eigenvalue weighted by molar-refractivity contribution is 0.0126. The smallest absolute Gasteiger partial charge is 0.0828 e. The van der Waals surface area contributed by atoms with Crippen LogP contribution in [0.2, 0.25) is 0 Å². The maximum absolute atomic E-state index is 5.82. The van der Waals surface area contributed by atoms with Gasteiger partial charge in [-0.2, -0.15) is 0 Å². The molecule has 1 rings (SSSR count). The van der Waals surface area contributed by atoms with Crippen LogP contribution in [0.4, 0.5) is 0 Å². The van der Waals surface area contributed by atoms with Gasteiger partial charge in [-0.3, -0.25) is 0 Å². The van der Waals surface area contributed by atoms with Crippen molar-refractivity contribution >= 4 is 0 Å². The van der Waals surface area contributed by atoms with E-state index >= 15 is 0 Å². The van der Waals surface area contributed by atoms with Gasteiger partial charge < -0.3 is 9.47 Å². The van der Waals surface area contributed by atoms with Gasteiger partial charge in [-0.1, -0.05) is 5.21 Å². The summed E-state index contributed by atoms with van der Waals surface area (Å²) in [5.41, 5.74) is 1.02. The predicted octanol–water partition coefficient (Wildman–Crippen LogP) is 3.19. The Labute approximate surface area is 129 Å². The van der Waals surface area contributed by atoms with Gasteiger partial charge in [0, 0.05) is 19.4 Å². The van der Waals surface area contributed by atoms with Gasteiger partial charge in [-0.25, -0.2) is 4.68 Å². The van der Waals surface area contributed by atoms with Crippen molar-refractivity contribution in [3.05, 3.63) is 11.9 Å². The summed E-state index contributed by atoms with van der Waals surface area (Å²) in [5, 5.41) is 8.41. The molecule has 1 aromatic heterocycles. The zero-order valence-corrected chi connectivity index (χ0v) is 14.4. The fourth-order valence-corrected chi connectivity index (χ4v) is 1.98. The fraction of sp³-hybridized carbons (Fsp3) is 0.875. The molecule has 0 aromatic carbocycles. The highest BCUT2D eigenvalue weighted by atomic mass is 16.5. The molecule has 0 saturated carbocycles. The fourth-order valence-electron chi connectivity index (χ4n) is 1.98. The number of hydrogen-bond donors (Lipinski definition) is 0. The topological polar surface area (TPSA) is 49.2 Å². The third-order valence-electron chi connectivity index (χ3n) is 3.41. The molecule has 0 aliphatic heterocycles. The number of aryl methyl sites for hydroxylation is 1. The van der Waals surface area contributed by atoms with Crippen molar-refractivity contribution in [2.45, 2.75) is 78.6 Å². The molecular formula is C16H31N3O2. The van der Waals surface area contributed by atoms with Crippen LogP contribution in [-0.4, -0.2) is 40.4 Å². The number of ether oxygens (including phenoxy) is 2. The zero-order chi connectivity index (χ0) is 15.9. The van der Waals surface area contributed by atoms with E-state index in [0.29, 0.717) is 0 Å². The van der Waals surface area contributed by atoms with Gasteiger partial charge in [0.25, 0.3) is 0 Å². The van der Waals surface area contributed by atoms with E-state index < -0.39 is 0 Å². The highest BCUT2D eigenvalue weighted by molar-refractivity contribution is 4.95. The van der Waals surface area contributed by atoms with E-state index in [1.54, 1.807) is 0 Å². The Morgan fingerprint density at radius 3 is 2.38 bits per heavy atom. The third kappa shape index (κ3) is 7.05. The lowest BCUT2D eigenvalue weighted by atomic mass is 10.1. The predicted molar refractivity (Wildman–Crippen MR) is 84.5 cm³/mol. The van der Waals surface area contributed by atoms with Crippen molar-refractivity contribution in [1.29, 1.82) is 0 Å². The standard InChI is InChI=1S/C16H31N3O2/c1-7-20-14(3)10-11-21-13(2)8-9-15-12-19(18-17-15)16(4,5)6/h12-14H,7-11H2,1-6H3. The third-order valence-corrected chi connectivity index (χ3v) is 3.41. The molecule has 5 nitrogen and oxygen atoms in total. The van der Waals surface area contributed by atoms with Gasteiger partial charge in [0.15, 0.2) is 0 Å². The van der Waals surface area contributed by atoms with E-state index in [9.17, 15) is 0 Å². The van der Waals surface area contributed by atoms with Gasteiger partial charge in [0.1, 0.15) is 0 Å². The van der Waals surface area contributed by atoms with Crippen LogP contribution >= 0.6 is 0 Å². The summed E-state index contributed by atoms with van der Waals surface area (Å²) < 4.78 is 13.2. The molecule has 0 aliphatic carbocycles. The Morgan fingerprint density at radius 1 is 1.14 bits per heavy atom. The average Bonchev–Trinajstić information content (AvgIpc) is 2.85. The Bertz CT molecular complexity index is 398. The molecule has 0 spiro atoms. The SMILES string of the molecule is CCOC(C)CCOC(C)CCc1cn(C(C)(C)C)nn1. The Balaban J connectivity index is 2.24. The van der Waals surface area contributed by atoms with E-state index in [0.717, 1.165) is 38.2 Å². The molecule has 0 bridgehead atoms. The molecule has 0 aliphatic rings. The normalized spacial score (nSPS) is 15.1. The van der Waals surface area contributed by atoms with Crippen molar-refractivity contribution in [2.24, 2.45) is 0 Å². The molecule has 0 fully saturated rings. The summed E-state index contributed by atoms with van der Waals surface area (Å²) in [4.78, 5) is 0. The summed E-state index contributed by atoms with van der Waals surface area (Å²) in [6.07, 6.45) is 5.35. The Morgan fingerprint density at radius 2 is 1.81 bits per heavy atom. The molecule has 1 heterocycles. The van der Waals surface area contributed by atoms with Crippen LogP contribution in [0.15, 0.2) is 6.20 Å². The average molecular weight is 297 g/mol. The highest BCUT2D eigenvalue weighted by Gasteiger charge is 2.15. The highest BCUT2D eigenvalue weighted by Crippen LogP contribution is 2.13. The van der Waals surface area contributed by atoms with E-state index in [4.69, 9.17) is 9.47 Å². The van der Waals surface area contributed by atoms with Crippen LogP contribution in [0.1, 0.15) is 60.1 Å². The van der Waals surface area contributed by atoms with E-state index in [2.05, 4.69) is 44.9 Å². The number of nitrogens with zero attached hydrogens (tertiary/aromatic N) is 3. The van der Waals surface area contributed by atoms with Crippen LogP contribution in [0.25, 0.3) is 0 Å². The number of aromatic nitrogens is 3. The molecule has 0 amide bonds. The lowest BCUT2D eigenvalue weighted by Crippen LogP contribution is -2.22. The minimum absolute atomic E-state index is 0.0111. The van der Waals surface area contributed by atoms with Gasteiger partial charge >= 0.3 is 0 Å². The van der Waals surface area contributed by atoms with E-state index in [1.165, 1.54) is 0 Å². The molecule has 1 aromatic rings. The van der Waals surface area contributed by atoms with Crippen LogP contribution in [0.5, 0.6) is 0 Å². The quantitative estimate of drug-likeness (QED) is 0.702. The first kappa shape index (κ1) is 18.1. The second-order valence-electron chi connectivity index (χ2n) is 6.60.